The van der Waals surface area contributed by atoms with E-state index in [1.165, 1.54) is 5.75 Å². The molecule has 0 bridgehead atoms. The van der Waals surface area contributed by atoms with E-state index in [-0.39, 0.29) is 5.41 Å². The summed E-state index contributed by atoms with van der Waals surface area (Å²) in [6.45, 7) is 6.16. The summed E-state index contributed by atoms with van der Waals surface area (Å²) in [7, 11) is 2.01. The predicted molar refractivity (Wildman–Crippen MR) is 84.0 cm³/mol. The molecule has 0 aliphatic carbocycles. The van der Waals surface area contributed by atoms with Crippen LogP contribution in [0, 0.1) is 0 Å². The van der Waals surface area contributed by atoms with E-state index in [9.17, 15) is 9.90 Å². The van der Waals surface area contributed by atoms with Crippen LogP contribution in [-0.2, 0) is 5.41 Å². The van der Waals surface area contributed by atoms with E-state index in [1.807, 2.05) is 18.8 Å². The smallest absolute Gasteiger partial charge is 0.335 e. The number of thioether (sulfide) groups is 1. The zero-order valence-corrected chi connectivity index (χ0v) is 13.3. The lowest BCUT2D eigenvalue weighted by Crippen LogP contribution is -2.32. The van der Waals surface area contributed by atoms with Gasteiger partial charge in [-0.25, -0.2) is 9.78 Å². The number of aromatic carboxylic acids is 1. The molecule has 1 aliphatic rings. The Balaban J connectivity index is 2.41. The second-order valence-corrected chi connectivity index (χ2v) is 7.43. The van der Waals surface area contributed by atoms with Crippen LogP contribution in [0.4, 0.5) is 5.82 Å². The van der Waals surface area contributed by atoms with Gasteiger partial charge in [0.25, 0.3) is 0 Å². The Morgan fingerprint density at radius 3 is 2.65 bits per heavy atom. The number of carboxylic acid groups (broad SMARTS) is 1. The fraction of sp³-hybridized carbons (Fsp3) is 0.600. The maximum atomic E-state index is 11.3. The van der Waals surface area contributed by atoms with Crippen LogP contribution in [0.25, 0.3) is 0 Å². The van der Waals surface area contributed by atoms with Gasteiger partial charge >= 0.3 is 5.97 Å². The second kappa shape index (κ2) is 5.64. The van der Waals surface area contributed by atoms with Crippen molar-refractivity contribution in [3.8, 4) is 0 Å². The van der Waals surface area contributed by atoms with Gasteiger partial charge in [0.1, 0.15) is 5.82 Å². The summed E-state index contributed by atoms with van der Waals surface area (Å²) in [5.74, 6) is 2.12. The number of pyridine rings is 1. The molecule has 1 unspecified atom stereocenters. The number of carboxylic acids is 1. The van der Waals surface area contributed by atoms with Gasteiger partial charge in [-0.05, 0) is 24.3 Å². The number of rotatable bonds is 3. The van der Waals surface area contributed by atoms with Crippen molar-refractivity contribution in [2.75, 3.05) is 23.5 Å². The summed E-state index contributed by atoms with van der Waals surface area (Å²) >= 11 is 1.94. The fourth-order valence-corrected chi connectivity index (χ4v) is 3.49. The lowest BCUT2D eigenvalue weighted by molar-refractivity contribution is 0.0696. The van der Waals surface area contributed by atoms with E-state index in [1.54, 1.807) is 12.1 Å². The summed E-state index contributed by atoms with van der Waals surface area (Å²) in [6, 6.07) is 3.81. The molecule has 1 fully saturated rings. The highest BCUT2D eigenvalue weighted by Crippen LogP contribution is 2.28. The zero-order valence-electron chi connectivity index (χ0n) is 12.5. The normalized spacial score (nSPS) is 19.1. The quantitative estimate of drug-likeness (QED) is 0.928. The van der Waals surface area contributed by atoms with Gasteiger partial charge in [-0.2, -0.15) is 11.8 Å². The predicted octanol–water partition coefficient (Wildman–Crippen LogP) is 3.02. The van der Waals surface area contributed by atoms with Gasteiger partial charge in [0.2, 0.25) is 0 Å². The van der Waals surface area contributed by atoms with Crippen molar-refractivity contribution in [1.29, 1.82) is 0 Å². The molecule has 20 heavy (non-hydrogen) atoms. The first-order valence-electron chi connectivity index (χ1n) is 6.85. The lowest BCUT2D eigenvalue weighted by atomic mass is 9.90. The van der Waals surface area contributed by atoms with Crippen molar-refractivity contribution in [2.24, 2.45) is 0 Å². The standard InChI is InChI=1S/C15H22N2O2S/c1-15(2,3)12-7-10(14(18)19)8-13(16-12)17(4)11-5-6-20-9-11/h7-8,11H,5-6,9H2,1-4H3,(H,18,19). The van der Waals surface area contributed by atoms with Gasteiger partial charge < -0.3 is 10.0 Å². The number of aromatic nitrogens is 1. The molecule has 1 aliphatic heterocycles. The minimum absolute atomic E-state index is 0.161. The molecule has 2 rings (SSSR count). The number of carbonyl (C=O) groups is 1. The third kappa shape index (κ3) is 3.26. The molecule has 5 heteroatoms. The molecule has 0 saturated carbocycles. The van der Waals surface area contributed by atoms with Crippen molar-refractivity contribution in [1.82, 2.24) is 4.98 Å². The molecule has 1 atom stereocenters. The Bertz CT molecular complexity index is 505. The Hall–Kier alpha value is -1.23. The summed E-state index contributed by atoms with van der Waals surface area (Å²) in [6.07, 6.45) is 1.13. The van der Waals surface area contributed by atoms with Crippen LogP contribution >= 0.6 is 11.8 Å². The van der Waals surface area contributed by atoms with Crippen LogP contribution in [0.2, 0.25) is 0 Å². The van der Waals surface area contributed by atoms with Crippen LogP contribution in [0.15, 0.2) is 12.1 Å². The summed E-state index contributed by atoms with van der Waals surface area (Å²) in [4.78, 5) is 18.1. The van der Waals surface area contributed by atoms with Gasteiger partial charge in [0.05, 0.1) is 5.56 Å². The second-order valence-electron chi connectivity index (χ2n) is 6.28. The highest BCUT2D eigenvalue weighted by atomic mass is 32.2. The maximum absolute atomic E-state index is 11.3. The van der Waals surface area contributed by atoms with Crippen molar-refractivity contribution in [3.05, 3.63) is 23.4 Å². The first-order valence-corrected chi connectivity index (χ1v) is 8.01. The first kappa shape index (κ1) is 15.2. The Morgan fingerprint density at radius 2 is 2.15 bits per heavy atom. The van der Waals surface area contributed by atoms with E-state index >= 15 is 0 Å². The molecule has 110 valence electrons. The molecule has 1 saturated heterocycles. The van der Waals surface area contributed by atoms with Crippen molar-refractivity contribution < 1.29 is 9.90 Å². The molecule has 1 aromatic rings. The summed E-state index contributed by atoms with van der Waals surface area (Å²) in [5.41, 5.74) is 0.980. The number of hydrogen-bond donors (Lipinski definition) is 1. The molecular weight excluding hydrogens is 272 g/mol. The summed E-state index contributed by atoms with van der Waals surface area (Å²) in [5, 5.41) is 9.30. The topological polar surface area (TPSA) is 53.4 Å². The number of hydrogen-bond acceptors (Lipinski definition) is 4. The molecule has 0 spiro atoms. The Morgan fingerprint density at radius 1 is 1.45 bits per heavy atom. The van der Waals surface area contributed by atoms with Crippen LogP contribution in [0.1, 0.15) is 43.2 Å². The molecule has 2 heterocycles. The SMILES string of the molecule is CN(c1cc(C(=O)O)cc(C(C)(C)C)n1)C1CCSC1. The van der Waals surface area contributed by atoms with Crippen molar-refractivity contribution in [3.63, 3.8) is 0 Å². The highest BCUT2D eigenvalue weighted by Gasteiger charge is 2.24. The van der Waals surface area contributed by atoms with Crippen LogP contribution in [0.3, 0.4) is 0 Å². The van der Waals surface area contributed by atoms with Gasteiger partial charge in [0.15, 0.2) is 0 Å². The zero-order chi connectivity index (χ0) is 14.9. The molecule has 4 nitrogen and oxygen atoms in total. The fourth-order valence-electron chi connectivity index (χ4n) is 2.22. The number of nitrogens with zero attached hydrogens (tertiary/aromatic N) is 2. The molecule has 1 aromatic heterocycles. The molecular formula is C15H22N2O2S. The largest absolute Gasteiger partial charge is 0.478 e. The van der Waals surface area contributed by atoms with Gasteiger partial charge in [0, 0.05) is 30.0 Å². The average molecular weight is 294 g/mol. The van der Waals surface area contributed by atoms with Gasteiger partial charge in [-0.3, -0.25) is 0 Å². The minimum atomic E-state index is -0.895. The first-order chi connectivity index (χ1) is 9.29. The molecule has 1 N–H and O–H groups in total. The van der Waals surface area contributed by atoms with Crippen molar-refractivity contribution >= 4 is 23.5 Å². The third-order valence-electron chi connectivity index (χ3n) is 3.64. The van der Waals surface area contributed by atoms with Crippen LogP contribution in [0.5, 0.6) is 0 Å². The minimum Gasteiger partial charge on any atom is -0.478 e. The van der Waals surface area contributed by atoms with E-state index in [4.69, 9.17) is 0 Å². The molecule has 0 amide bonds. The molecule has 0 radical (unpaired) electrons. The van der Waals surface area contributed by atoms with Crippen LogP contribution < -0.4 is 4.90 Å². The van der Waals surface area contributed by atoms with E-state index in [2.05, 4.69) is 30.7 Å². The van der Waals surface area contributed by atoms with Gasteiger partial charge in [-0.1, -0.05) is 20.8 Å². The van der Waals surface area contributed by atoms with Crippen molar-refractivity contribution in [2.45, 2.75) is 38.6 Å². The monoisotopic (exact) mass is 294 g/mol. The Labute approximate surface area is 124 Å². The highest BCUT2D eigenvalue weighted by molar-refractivity contribution is 7.99. The van der Waals surface area contributed by atoms with Gasteiger partial charge in [-0.15, -0.1) is 0 Å². The lowest BCUT2D eigenvalue weighted by Gasteiger charge is -2.27. The third-order valence-corrected chi connectivity index (χ3v) is 4.79. The van der Waals surface area contributed by atoms with E-state index in [0.29, 0.717) is 11.6 Å². The van der Waals surface area contributed by atoms with E-state index in [0.717, 1.165) is 23.7 Å². The van der Waals surface area contributed by atoms with E-state index < -0.39 is 5.97 Å². The molecule has 0 aromatic carbocycles. The maximum Gasteiger partial charge on any atom is 0.335 e. The summed E-state index contributed by atoms with van der Waals surface area (Å²) < 4.78 is 0. The van der Waals surface area contributed by atoms with Crippen LogP contribution in [-0.4, -0.2) is 40.7 Å². The Kier molecular flexibility index (Phi) is 4.28. The average Bonchev–Trinajstić information content (AvgIpc) is 2.90. The number of anilines is 1.